The summed E-state index contributed by atoms with van der Waals surface area (Å²) >= 11 is 7.28. The predicted octanol–water partition coefficient (Wildman–Crippen LogP) is 4.98. The van der Waals surface area contributed by atoms with Gasteiger partial charge in [0.2, 0.25) is 0 Å². The van der Waals surface area contributed by atoms with Gasteiger partial charge < -0.3 is 14.5 Å². The Morgan fingerprint density at radius 2 is 1.95 bits per heavy atom. The molecule has 1 aliphatic heterocycles. The van der Waals surface area contributed by atoms with E-state index in [1.54, 1.807) is 11.3 Å². The Balaban J connectivity index is 1.89. The van der Waals surface area contributed by atoms with E-state index in [0.29, 0.717) is 0 Å². The molecule has 22 heavy (non-hydrogen) atoms. The van der Waals surface area contributed by atoms with E-state index in [0.717, 1.165) is 23.4 Å². The number of nitrogens with one attached hydrogen (secondary N) is 2. The Bertz CT molecular complexity index is 1050. The molecule has 4 heterocycles. The molecular formula is C17H13N3S2. The second kappa shape index (κ2) is 4.44. The smallest absolute Gasteiger partial charge is 0.178 e. The minimum Gasteiger partial charge on any atom is -0.353 e. The van der Waals surface area contributed by atoms with Crippen LogP contribution >= 0.6 is 23.6 Å². The first-order valence-electron chi connectivity index (χ1n) is 7.29. The Kier molecular flexibility index (Phi) is 2.51. The maximum atomic E-state index is 5.54. The fourth-order valence-corrected chi connectivity index (χ4v) is 4.44. The van der Waals surface area contributed by atoms with Gasteiger partial charge in [0.1, 0.15) is 0 Å². The maximum absolute atomic E-state index is 5.54. The minimum absolute atomic E-state index is 0.808. The molecule has 5 rings (SSSR count). The fraction of sp³-hybridized carbons (Fsp3) is 0.118. The zero-order valence-electron chi connectivity index (χ0n) is 11.7. The molecule has 0 atom stereocenters. The van der Waals surface area contributed by atoms with Gasteiger partial charge in [-0.2, -0.15) is 0 Å². The molecule has 3 nitrogen and oxygen atoms in total. The summed E-state index contributed by atoms with van der Waals surface area (Å²) < 4.78 is 3.03. The molecule has 0 unspecified atom stereocenters. The van der Waals surface area contributed by atoms with Gasteiger partial charge in [-0.15, -0.1) is 11.3 Å². The van der Waals surface area contributed by atoms with Crippen LogP contribution in [0.1, 0.15) is 5.56 Å². The normalized spacial score (nSPS) is 13.3. The molecule has 1 aliphatic rings. The lowest BCUT2D eigenvalue weighted by molar-refractivity contribution is 0.677. The number of thiophene rings is 1. The fourth-order valence-electron chi connectivity index (χ4n) is 3.43. The molecule has 0 saturated carbocycles. The first kappa shape index (κ1) is 12.4. The number of aromatic nitrogens is 3. The van der Waals surface area contributed by atoms with Gasteiger partial charge in [-0.05, 0) is 41.7 Å². The lowest BCUT2D eigenvalue weighted by atomic mass is 10.0. The molecule has 0 amide bonds. The van der Waals surface area contributed by atoms with Gasteiger partial charge in [-0.3, -0.25) is 0 Å². The highest BCUT2D eigenvalue weighted by Crippen LogP contribution is 2.40. The summed E-state index contributed by atoms with van der Waals surface area (Å²) in [4.78, 5) is 8.24. The Morgan fingerprint density at radius 1 is 1.05 bits per heavy atom. The van der Waals surface area contributed by atoms with Crippen molar-refractivity contribution in [2.24, 2.45) is 0 Å². The van der Waals surface area contributed by atoms with Crippen LogP contribution in [-0.4, -0.2) is 14.5 Å². The van der Waals surface area contributed by atoms with Crippen LogP contribution < -0.4 is 0 Å². The van der Waals surface area contributed by atoms with Crippen LogP contribution in [0.5, 0.6) is 0 Å². The number of para-hydroxylation sites is 1. The lowest BCUT2D eigenvalue weighted by Gasteiger charge is -2.16. The topological polar surface area (TPSA) is 36.5 Å². The van der Waals surface area contributed by atoms with E-state index >= 15 is 0 Å². The molecule has 1 aromatic carbocycles. The number of hydrogen-bond acceptors (Lipinski definition) is 2. The molecule has 0 aliphatic carbocycles. The number of benzene rings is 1. The van der Waals surface area contributed by atoms with E-state index in [2.05, 4.69) is 56.3 Å². The van der Waals surface area contributed by atoms with Crippen LogP contribution in [0.15, 0.2) is 41.8 Å². The molecule has 0 bridgehead atoms. The molecule has 2 N–H and O–H groups in total. The molecule has 5 heteroatoms. The van der Waals surface area contributed by atoms with Crippen LogP contribution in [-0.2, 0) is 13.0 Å². The van der Waals surface area contributed by atoms with Crippen molar-refractivity contribution in [2.75, 3.05) is 0 Å². The first-order valence-corrected chi connectivity index (χ1v) is 8.58. The number of aryl methyl sites for hydroxylation is 1. The van der Waals surface area contributed by atoms with Crippen molar-refractivity contribution >= 4 is 34.5 Å². The summed E-state index contributed by atoms with van der Waals surface area (Å²) in [5.74, 6) is 0. The average molecular weight is 323 g/mol. The van der Waals surface area contributed by atoms with Crippen molar-refractivity contribution in [3.8, 4) is 22.0 Å². The van der Waals surface area contributed by atoms with Gasteiger partial charge in [0.05, 0.1) is 22.0 Å². The van der Waals surface area contributed by atoms with Crippen molar-refractivity contribution in [3.63, 3.8) is 0 Å². The molecule has 4 aromatic rings. The van der Waals surface area contributed by atoms with Crippen LogP contribution in [0.4, 0.5) is 0 Å². The summed E-state index contributed by atoms with van der Waals surface area (Å²) in [6, 6.07) is 12.7. The highest BCUT2D eigenvalue weighted by molar-refractivity contribution is 7.71. The van der Waals surface area contributed by atoms with Gasteiger partial charge >= 0.3 is 0 Å². The maximum Gasteiger partial charge on any atom is 0.178 e. The molecule has 0 radical (unpaired) electrons. The van der Waals surface area contributed by atoms with Crippen molar-refractivity contribution in [1.29, 1.82) is 0 Å². The van der Waals surface area contributed by atoms with Crippen LogP contribution in [0.25, 0.3) is 32.9 Å². The number of H-pyrrole nitrogens is 2. The van der Waals surface area contributed by atoms with Gasteiger partial charge in [-0.25, -0.2) is 0 Å². The standard InChI is InChI=1S/C17H13N3S2/c21-17-19-15(13-6-3-9-22-13)16-14-11(7-8-20(16)17)10-4-1-2-5-12(10)18-14/h1-6,9,18H,7-8H2,(H,19,21). The Labute approximate surface area is 136 Å². The SMILES string of the molecule is S=c1[nH]c(-c2cccs2)c2n1CCc1c-2[nH]c2ccccc12. The van der Waals surface area contributed by atoms with E-state index in [1.807, 2.05) is 0 Å². The Morgan fingerprint density at radius 3 is 2.82 bits per heavy atom. The molecule has 108 valence electrons. The van der Waals surface area contributed by atoms with E-state index < -0.39 is 0 Å². The van der Waals surface area contributed by atoms with Crippen molar-refractivity contribution in [2.45, 2.75) is 13.0 Å². The van der Waals surface area contributed by atoms with Gasteiger partial charge in [0.25, 0.3) is 0 Å². The third kappa shape index (κ3) is 1.58. The highest BCUT2D eigenvalue weighted by atomic mass is 32.1. The number of nitrogens with zero attached hydrogens (tertiary/aromatic N) is 1. The van der Waals surface area contributed by atoms with Crippen LogP contribution in [0.3, 0.4) is 0 Å². The van der Waals surface area contributed by atoms with Gasteiger partial charge in [-0.1, -0.05) is 24.3 Å². The van der Waals surface area contributed by atoms with Crippen LogP contribution in [0, 0.1) is 4.77 Å². The van der Waals surface area contributed by atoms with Crippen molar-refractivity contribution < 1.29 is 0 Å². The second-order valence-corrected chi connectivity index (χ2v) is 6.89. The third-order valence-electron chi connectivity index (χ3n) is 4.39. The van der Waals surface area contributed by atoms with Gasteiger partial charge in [0, 0.05) is 17.4 Å². The summed E-state index contributed by atoms with van der Waals surface area (Å²) in [6.45, 7) is 0.935. The summed E-state index contributed by atoms with van der Waals surface area (Å²) in [5, 5.41) is 3.43. The molecule has 0 fully saturated rings. The number of imidazole rings is 1. The summed E-state index contributed by atoms with van der Waals surface area (Å²) in [6.07, 6.45) is 1.02. The zero-order chi connectivity index (χ0) is 14.7. The predicted molar refractivity (Wildman–Crippen MR) is 93.9 cm³/mol. The number of rotatable bonds is 1. The quantitative estimate of drug-likeness (QED) is 0.476. The Hall–Kier alpha value is -2.11. The van der Waals surface area contributed by atoms with Crippen molar-refractivity contribution in [1.82, 2.24) is 14.5 Å². The highest BCUT2D eigenvalue weighted by Gasteiger charge is 2.25. The first-order chi connectivity index (χ1) is 10.8. The molecule has 0 spiro atoms. The lowest BCUT2D eigenvalue weighted by Crippen LogP contribution is -2.10. The van der Waals surface area contributed by atoms with E-state index in [1.165, 1.54) is 32.7 Å². The number of fused-ring (bicyclic) bond motifs is 5. The second-order valence-electron chi connectivity index (χ2n) is 5.56. The van der Waals surface area contributed by atoms with Gasteiger partial charge in [0.15, 0.2) is 4.77 Å². The summed E-state index contributed by atoms with van der Waals surface area (Å²) in [7, 11) is 0. The average Bonchev–Trinajstić information content (AvgIpc) is 3.23. The number of aromatic amines is 2. The molecule has 3 aromatic heterocycles. The number of hydrogen-bond donors (Lipinski definition) is 2. The monoisotopic (exact) mass is 323 g/mol. The van der Waals surface area contributed by atoms with Crippen molar-refractivity contribution in [3.05, 3.63) is 52.1 Å². The summed E-state index contributed by atoms with van der Waals surface area (Å²) in [5.41, 5.74) is 6.15. The minimum atomic E-state index is 0.808. The third-order valence-corrected chi connectivity index (χ3v) is 5.60. The largest absolute Gasteiger partial charge is 0.353 e. The van der Waals surface area contributed by atoms with Crippen LogP contribution in [0.2, 0.25) is 0 Å². The molecule has 0 saturated heterocycles. The zero-order valence-corrected chi connectivity index (χ0v) is 13.4. The molecular weight excluding hydrogens is 310 g/mol. The van der Waals surface area contributed by atoms with E-state index in [-0.39, 0.29) is 0 Å². The van der Waals surface area contributed by atoms with E-state index in [9.17, 15) is 0 Å². The van der Waals surface area contributed by atoms with E-state index in [4.69, 9.17) is 12.2 Å².